The van der Waals surface area contributed by atoms with Gasteiger partial charge in [-0.3, -0.25) is 4.79 Å². The molecule has 1 aliphatic carbocycles. The van der Waals surface area contributed by atoms with Crippen LogP contribution in [0.15, 0.2) is 48.5 Å². The van der Waals surface area contributed by atoms with Gasteiger partial charge in [0.25, 0.3) is 5.91 Å². The number of rotatable bonds is 6. The Hall–Kier alpha value is -3.39. The van der Waals surface area contributed by atoms with Crippen LogP contribution in [0.5, 0.6) is 0 Å². The fourth-order valence-corrected chi connectivity index (χ4v) is 4.66. The Kier molecular flexibility index (Phi) is 6.61. The van der Waals surface area contributed by atoms with E-state index in [0.29, 0.717) is 6.42 Å². The average molecular weight is 467 g/mol. The molecule has 180 valence electrons. The van der Waals surface area contributed by atoms with Gasteiger partial charge >= 0.3 is 12.1 Å². The fourth-order valence-electron chi connectivity index (χ4n) is 4.66. The van der Waals surface area contributed by atoms with Gasteiger partial charge in [-0.2, -0.15) is 0 Å². The van der Waals surface area contributed by atoms with Crippen molar-refractivity contribution in [3.05, 3.63) is 59.7 Å². The van der Waals surface area contributed by atoms with Gasteiger partial charge in [0.15, 0.2) is 6.10 Å². The zero-order chi connectivity index (χ0) is 24.5. The van der Waals surface area contributed by atoms with Crippen molar-refractivity contribution in [2.75, 3.05) is 13.2 Å². The summed E-state index contributed by atoms with van der Waals surface area (Å²) in [6, 6.07) is 14.4. The van der Waals surface area contributed by atoms with Gasteiger partial charge in [0.05, 0.1) is 6.04 Å². The number of nitrogens with one attached hydrogen (secondary N) is 2. The van der Waals surface area contributed by atoms with Gasteiger partial charge in [-0.1, -0.05) is 69.3 Å². The van der Waals surface area contributed by atoms with Crippen LogP contribution in [0.4, 0.5) is 4.79 Å². The first-order chi connectivity index (χ1) is 16.2. The largest absolute Gasteiger partial charge is 0.480 e. The van der Waals surface area contributed by atoms with Crippen LogP contribution in [0.2, 0.25) is 0 Å². The van der Waals surface area contributed by atoms with Crippen molar-refractivity contribution in [3.63, 3.8) is 0 Å². The van der Waals surface area contributed by atoms with Crippen LogP contribution < -0.4 is 10.6 Å². The molecule has 8 heteroatoms. The molecule has 0 spiro atoms. The SMILES string of the molecule is CC(C)(C)[C@H](NC(=O)C1OCCC1NC(=O)OCC1c2ccccc2-c2ccccc21)C(=O)O. The summed E-state index contributed by atoms with van der Waals surface area (Å²) < 4.78 is 11.1. The molecule has 4 rings (SSSR count). The Balaban J connectivity index is 1.38. The second-order valence-corrected chi connectivity index (χ2v) is 9.80. The minimum absolute atomic E-state index is 0.0693. The highest BCUT2D eigenvalue weighted by atomic mass is 16.6. The summed E-state index contributed by atoms with van der Waals surface area (Å²) in [7, 11) is 0. The summed E-state index contributed by atoms with van der Waals surface area (Å²) in [5.74, 6) is -1.76. The predicted octanol–water partition coefficient (Wildman–Crippen LogP) is 3.30. The minimum Gasteiger partial charge on any atom is -0.480 e. The maximum Gasteiger partial charge on any atom is 0.407 e. The highest BCUT2D eigenvalue weighted by molar-refractivity contribution is 5.88. The van der Waals surface area contributed by atoms with Crippen LogP contribution in [0.3, 0.4) is 0 Å². The van der Waals surface area contributed by atoms with E-state index < -0.39 is 41.6 Å². The Morgan fingerprint density at radius 3 is 2.21 bits per heavy atom. The Morgan fingerprint density at radius 1 is 1.06 bits per heavy atom. The topological polar surface area (TPSA) is 114 Å². The maximum absolute atomic E-state index is 12.7. The lowest BCUT2D eigenvalue weighted by atomic mass is 9.86. The van der Waals surface area contributed by atoms with Crippen LogP contribution in [-0.2, 0) is 19.1 Å². The zero-order valence-electron chi connectivity index (χ0n) is 19.5. The molecule has 2 aromatic rings. The van der Waals surface area contributed by atoms with E-state index in [4.69, 9.17) is 9.47 Å². The van der Waals surface area contributed by atoms with Crippen molar-refractivity contribution in [1.82, 2.24) is 10.6 Å². The molecule has 0 saturated carbocycles. The normalized spacial score (nSPS) is 20.2. The van der Waals surface area contributed by atoms with Crippen molar-refractivity contribution in [3.8, 4) is 11.1 Å². The number of hydrogen-bond donors (Lipinski definition) is 3. The molecule has 1 aliphatic heterocycles. The minimum atomic E-state index is -1.13. The molecule has 1 fully saturated rings. The summed E-state index contributed by atoms with van der Waals surface area (Å²) in [6.07, 6.45) is -1.19. The second kappa shape index (κ2) is 9.46. The summed E-state index contributed by atoms with van der Waals surface area (Å²) >= 11 is 0. The smallest absolute Gasteiger partial charge is 0.407 e. The fraction of sp³-hybridized carbons (Fsp3) is 0.423. The standard InChI is InChI=1S/C26H30N2O6/c1-26(2,3)22(24(30)31)28-23(29)21-20(12-13-33-21)27-25(32)34-14-19-17-10-6-4-8-15(17)16-9-5-7-11-18(16)19/h4-11,19-22H,12-14H2,1-3H3,(H,27,32)(H,28,29)(H,30,31)/t20?,21?,22-/m1/s1. The molecule has 1 saturated heterocycles. The molecule has 2 unspecified atom stereocenters. The third-order valence-corrected chi connectivity index (χ3v) is 6.40. The van der Waals surface area contributed by atoms with Crippen molar-refractivity contribution in [1.29, 1.82) is 0 Å². The van der Waals surface area contributed by atoms with E-state index in [-0.39, 0.29) is 19.1 Å². The van der Waals surface area contributed by atoms with E-state index in [1.165, 1.54) is 0 Å². The van der Waals surface area contributed by atoms with E-state index >= 15 is 0 Å². The molecule has 3 atom stereocenters. The quantitative estimate of drug-likeness (QED) is 0.602. The number of amides is 2. The van der Waals surface area contributed by atoms with Gasteiger partial charge in [-0.05, 0) is 34.1 Å². The summed E-state index contributed by atoms with van der Waals surface area (Å²) in [6.45, 7) is 5.63. The van der Waals surface area contributed by atoms with E-state index in [9.17, 15) is 19.5 Å². The third kappa shape index (κ3) is 4.77. The molecule has 8 nitrogen and oxygen atoms in total. The van der Waals surface area contributed by atoms with E-state index in [0.717, 1.165) is 22.3 Å². The van der Waals surface area contributed by atoms with Crippen molar-refractivity contribution in [2.24, 2.45) is 5.41 Å². The van der Waals surface area contributed by atoms with Crippen molar-refractivity contribution >= 4 is 18.0 Å². The highest BCUT2D eigenvalue weighted by Gasteiger charge is 2.40. The van der Waals surface area contributed by atoms with Crippen LogP contribution in [0.25, 0.3) is 11.1 Å². The average Bonchev–Trinajstić information content (AvgIpc) is 3.37. The lowest BCUT2D eigenvalue weighted by Crippen LogP contribution is -2.55. The molecule has 2 aliphatic rings. The Labute approximate surface area is 198 Å². The lowest BCUT2D eigenvalue weighted by Gasteiger charge is -2.29. The molecule has 0 bridgehead atoms. The van der Waals surface area contributed by atoms with Gasteiger partial charge in [0.1, 0.15) is 12.6 Å². The van der Waals surface area contributed by atoms with Crippen LogP contribution in [0, 0.1) is 5.41 Å². The number of benzene rings is 2. The van der Waals surface area contributed by atoms with Gasteiger partial charge in [-0.15, -0.1) is 0 Å². The number of carbonyl (C=O) groups excluding carboxylic acids is 2. The van der Waals surface area contributed by atoms with E-state index in [1.54, 1.807) is 20.8 Å². The van der Waals surface area contributed by atoms with E-state index in [1.807, 2.05) is 36.4 Å². The first-order valence-electron chi connectivity index (χ1n) is 11.4. The van der Waals surface area contributed by atoms with Crippen LogP contribution >= 0.6 is 0 Å². The molecule has 2 aromatic carbocycles. The predicted molar refractivity (Wildman–Crippen MR) is 125 cm³/mol. The Bertz CT molecular complexity index is 1050. The molecule has 1 heterocycles. The zero-order valence-corrected chi connectivity index (χ0v) is 19.5. The molecule has 34 heavy (non-hydrogen) atoms. The van der Waals surface area contributed by atoms with Crippen molar-refractivity contribution in [2.45, 2.75) is 51.3 Å². The van der Waals surface area contributed by atoms with Gasteiger partial charge in [0, 0.05) is 12.5 Å². The number of fused-ring (bicyclic) bond motifs is 3. The number of aliphatic carboxylic acids is 1. The number of ether oxygens (including phenoxy) is 2. The van der Waals surface area contributed by atoms with Gasteiger partial charge in [-0.25, -0.2) is 9.59 Å². The van der Waals surface area contributed by atoms with Gasteiger partial charge < -0.3 is 25.2 Å². The number of alkyl carbamates (subject to hydrolysis) is 1. The number of carboxylic acid groups (broad SMARTS) is 1. The van der Waals surface area contributed by atoms with Crippen LogP contribution in [0.1, 0.15) is 44.2 Å². The molecule has 2 amide bonds. The third-order valence-electron chi connectivity index (χ3n) is 6.40. The van der Waals surface area contributed by atoms with Crippen LogP contribution in [-0.4, -0.2) is 54.5 Å². The number of hydrogen-bond acceptors (Lipinski definition) is 5. The number of carbonyl (C=O) groups is 3. The molecular formula is C26H30N2O6. The summed E-state index contributed by atoms with van der Waals surface area (Å²) in [5, 5.41) is 14.8. The monoisotopic (exact) mass is 466 g/mol. The maximum atomic E-state index is 12.7. The molecule has 0 aromatic heterocycles. The Morgan fingerprint density at radius 2 is 1.65 bits per heavy atom. The summed E-state index contributed by atoms with van der Waals surface area (Å²) in [5.41, 5.74) is 3.81. The highest BCUT2D eigenvalue weighted by Crippen LogP contribution is 2.44. The van der Waals surface area contributed by atoms with Gasteiger partial charge in [0.2, 0.25) is 0 Å². The first kappa shape index (κ1) is 23.8. The second-order valence-electron chi connectivity index (χ2n) is 9.80. The molecule has 3 N–H and O–H groups in total. The molecular weight excluding hydrogens is 436 g/mol. The van der Waals surface area contributed by atoms with Crippen molar-refractivity contribution < 1.29 is 29.0 Å². The van der Waals surface area contributed by atoms with E-state index in [2.05, 4.69) is 22.8 Å². The molecule has 0 radical (unpaired) electrons. The summed E-state index contributed by atoms with van der Waals surface area (Å²) in [4.78, 5) is 37.0. The lowest BCUT2D eigenvalue weighted by molar-refractivity contribution is -0.147. The number of carboxylic acids is 1. The first-order valence-corrected chi connectivity index (χ1v) is 11.4.